The predicted octanol–water partition coefficient (Wildman–Crippen LogP) is 1.82. The van der Waals surface area contributed by atoms with Gasteiger partial charge in [-0.25, -0.2) is 0 Å². The molecular formula is C14H18N2O. The summed E-state index contributed by atoms with van der Waals surface area (Å²) < 4.78 is 0. The molecule has 17 heavy (non-hydrogen) atoms. The summed E-state index contributed by atoms with van der Waals surface area (Å²) in [5.41, 5.74) is 7.77. The Labute approximate surface area is 102 Å². The maximum absolute atomic E-state index is 12.0. The fourth-order valence-corrected chi connectivity index (χ4v) is 3.17. The molecule has 2 aliphatic rings. The maximum Gasteiger partial charge on any atom is 0.226 e. The summed E-state index contributed by atoms with van der Waals surface area (Å²) in [5.74, 6) is 0.714. The molecule has 3 nitrogen and oxygen atoms in total. The minimum absolute atomic E-state index is 0.334. The number of likely N-dealkylation sites (tertiary alicyclic amines) is 1. The van der Waals surface area contributed by atoms with Crippen LogP contribution in [0.2, 0.25) is 0 Å². The summed E-state index contributed by atoms with van der Waals surface area (Å²) in [6.45, 7) is 0.851. The van der Waals surface area contributed by atoms with Gasteiger partial charge in [-0.1, -0.05) is 12.1 Å². The van der Waals surface area contributed by atoms with Crippen molar-refractivity contribution in [3.63, 3.8) is 0 Å². The van der Waals surface area contributed by atoms with E-state index >= 15 is 0 Å². The third-order valence-corrected chi connectivity index (χ3v) is 4.07. The van der Waals surface area contributed by atoms with Crippen LogP contribution in [0.15, 0.2) is 24.3 Å². The van der Waals surface area contributed by atoms with Crippen LogP contribution in [-0.2, 0) is 11.2 Å². The molecule has 90 valence electrons. The Morgan fingerprint density at radius 3 is 2.94 bits per heavy atom. The van der Waals surface area contributed by atoms with Crippen molar-refractivity contribution in [1.82, 2.24) is 4.90 Å². The fourth-order valence-electron chi connectivity index (χ4n) is 3.17. The first-order valence-corrected chi connectivity index (χ1v) is 6.39. The molecular weight excluding hydrogens is 212 g/mol. The first-order chi connectivity index (χ1) is 8.24. The number of hydrogen-bond donors (Lipinski definition) is 1. The third kappa shape index (κ3) is 1.90. The van der Waals surface area contributed by atoms with E-state index in [1.165, 1.54) is 12.0 Å². The van der Waals surface area contributed by atoms with Crippen molar-refractivity contribution in [2.75, 3.05) is 12.3 Å². The summed E-state index contributed by atoms with van der Waals surface area (Å²) in [6.07, 6.45) is 4.32. The molecule has 1 saturated heterocycles. The highest BCUT2D eigenvalue weighted by Crippen LogP contribution is 2.38. The highest BCUT2D eigenvalue weighted by molar-refractivity contribution is 5.82. The molecule has 1 saturated carbocycles. The van der Waals surface area contributed by atoms with Crippen molar-refractivity contribution < 1.29 is 4.79 Å². The summed E-state index contributed by atoms with van der Waals surface area (Å²) in [5, 5.41) is 0. The zero-order chi connectivity index (χ0) is 11.8. The van der Waals surface area contributed by atoms with Gasteiger partial charge < -0.3 is 10.6 Å². The molecule has 3 rings (SSSR count). The highest BCUT2D eigenvalue weighted by atomic mass is 16.2. The van der Waals surface area contributed by atoms with Crippen molar-refractivity contribution >= 4 is 11.6 Å². The molecule has 2 unspecified atom stereocenters. The topological polar surface area (TPSA) is 46.3 Å². The van der Waals surface area contributed by atoms with Gasteiger partial charge in [0.25, 0.3) is 0 Å². The van der Waals surface area contributed by atoms with Gasteiger partial charge in [-0.3, -0.25) is 4.79 Å². The molecule has 0 spiro atoms. The Morgan fingerprint density at radius 2 is 2.24 bits per heavy atom. The van der Waals surface area contributed by atoms with Crippen LogP contribution in [0.5, 0.6) is 0 Å². The lowest BCUT2D eigenvalue weighted by atomic mass is 10.1. The maximum atomic E-state index is 12.0. The van der Waals surface area contributed by atoms with E-state index in [1.807, 2.05) is 18.2 Å². The number of amides is 1. The lowest BCUT2D eigenvalue weighted by Gasteiger charge is -2.27. The SMILES string of the molecule is Nc1cccc(CCN2C(=O)C3CCC2C3)c1. The minimum Gasteiger partial charge on any atom is -0.399 e. The molecule has 1 aliphatic heterocycles. The Balaban J connectivity index is 1.63. The molecule has 0 radical (unpaired) electrons. The first kappa shape index (κ1) is 10.6. The third-order valence-electron chi connectivity index (χ3n) is 4.07. The predicted molar refractivity (Wildman–Crippen MR) is 67.4 cm³/mol. The summed E-state index contributed by atoms with van der Waals surface area (Å²) in [7, 11) is 0. The van der Waals surface area contributed by atoms with Crippen molar-refractivity contribution in [2.45, 2.75) is 31.7 Å². The number of fused-ring (bicyclic) bond motifs is 2. The smallest absolute Gasteiger partial charge is 0.226 e. The fraction of sp³-hybridized carbons (Fsp3) is 0.500. The number of hydrogen-bond acceptors (Lipinski definition) is 2. The quantitative estimate of drug-likeness (QED) is 0.805. The number of nitrogens with zero attached hydrogens (tertiary/aromatic N) is 1. The number of piperidine rings is 1. The van der Waals surface area contributed by atoms with Gasteiger partial charge in [0.05, 0.1) is 0 Å². The summed E-state index contributed by atoms with van der Waals surface area (Å²) in [4.78, 5) is 14.0. The number of carbonyl (C=O) groups excluding carboxylic acids is 1. The van der Waals surface area contributed by atoms with Crippen molar-refractivity contribution in [1.29, 1.82) is 0 Å². The summed E-state index contributed by atoms with van der Waals surface area (Å²) in [6, 6.07) is 8.47. The Morgan fingerprint density at radius 1 is 1.35 bits per heavy atom. The second-order valence-corrected chi connectivity index (χ2v) is 5.19. The van der Waals surface area contributed by atoms with E-state index in [2.05, 4.69) is 11.0 Å². The van der Waals surface area contributed by atoms with Crippen LogP contribution in [0, 0.1) is 5.92 Å². The second-order valence-electron chi connectivity index (χ2n) is 5.19. The Hall–Kier alpha value is -1.51. The Kier molecular flexibility index (Phi) is 2.54. The molecule has 3 heteroatoms. The monoisotopic (exact) mass is 230 g/mol. The van der Waals surface area contributed by atoms with Gasteiger partial charge in [-0.15, -0.1) is 0 Å². The molecule has 2 bridgehead atoms. The van der Waals surface area contributed by atoms with Crippen LogP contribution in [0.3, 0.4) is 0 Å². The van der Waals surface area contributed by atoms with Gasteiger partial charge in [0, 0.05) is 24.2 Å². The lowest BCUT2D eigenvalue weighted by Crippen LogP contribution is -2.38. The van der Waals surface area contributed by atoms with Crippen LogP contribution in [0.25, 0.3) is 0 Å². The summed E-state index contributed by atoms with van der Waals surface area (Å²) >= 11 is 0. The average Bonchev–Trinajstić information content (AvgIpc) is 2.88. The molecule has 2 atom stereocenters. The Bertz CT molecular complexity index is 444. The molecule has 1 amide bonds. The van der Waals surface area contributed by atoms with E-state index in [4.69, 9.17) is 5.73 Å². The molecule has 1 aliphatic carbocycles. The van der Waals surface area contributed by atoms with Gasteiger partial charge in [0.1, 0.15) is 0 Å². The van der Waals surface area contributed by atoms with E-state index in [0.29, 0.717) is 17.9 Å². The first-order valence-electron chi connectivity index (χ1n) is 6.39. The zero-order valence-electron chi connectivity index (χ0n) is 9.93. The molecule has 2 N–H and O–H groups in total. The van der Waals surface area contributed by atoms with Crippen LogP contribution in [0.4, 0.5) is 5.69 Å². The normalized spacial score (nSPS) is 26.8. The van der Waals surface area contributed by atoms with E-state index in [1.54, 1.807) is 0 Å². The van der Waals surface area contributed by atoms with Crippen molar-refractivity contribution in [3.05, 3.63) is 29.8 Å². The molecule has 1 heterocycles. The van der Waals surface area contributed by atoms with E-state index in [9.17, 15) is 4.79 Å². The molecule has 1 aromatic carbocycles. The average molecular weight is 230 g/mol. The number of benzene rings is 1. The van der Waals surface area contributed by atoms with Gasteiger partial charge in [-0.2, -0.15) is 0 Å². The number of carbonyl (C=O) groups is 1. The van der Waals surface area contributed by atoms with Gasteiger partial charge in [0.15, 0.2) is 0 Å². The van der Waals surface area contributed by atoms with E-state index in [-0.39, 0.29) is 0 Å². The van der Waals surface area contributed by atoms with Gasteiger partial charge >= 0.3 is 0 Å². The van der Waals surface area contributed by atoms with Crippen LogP contribution < -0.4 is 5.73 Å². The zero-order valence-corrected chi connectivity index (χ0v) is 9.93. The van der Waals surface area contributed by atoms with E-state index in [0.717, 1.165) is 31.5 Å². The number of rotatable bonds is 3. The molecule has 0 aromatic heterocycles. The number of nitrogens with two attached hydrogens (primary N) is 1. The van der Waals surface area contributed by atoms with Gasteiger partial charge in [-0.05, 0) is 43.4 Å². The van der Waals surface area contributed by atoms with Crippen molar-refractivity contribution in [2.24, 2.45) is 5.92 Å². The lowest BCUT2D eigenvalue weighted by molar-refractivity contribution is -0.134. The van der Waals surface area contributed by atoms with Crippen LogP contribution in [0.1, 0.15) is 24.8 Å². The largest absolute Gasteiger partial charge is 0.399 e. The van der Waals surface area contributed by atoms with Crippen LogP contribution >= 0.6 is 0 Å². The van der Waals surface area contributed by atoms with Crippen molar-refractivity contribution in [3.8, 4) is 0 Å². The molecule has 2 fully saturated rings. The molecule has 1 aromatic rings. The highest BCUT2D eigenvalue weighted by Gasteiger charge is 2.43. The standard InChI is InChI=1S/C14H18N2O/c15-12-3-1-2-10(8-12)6-7-16-13-5-4-11(9-13)14(16)17/h1-3,8,11,13H,4-7,9,15H2. The minimum atomic E-state index is 0.334. The van der Waals surface area contributed by atoms with Gasteiger partial charge in [0.2, 0.25) is 5.91 Å². The number of anilines is 1. The van der Waals surface area contributed by atoms with Crippen LogP contribution in [-0.4, -0.2) is 23.4 Å². The number of nitrogen functional groups attached to an aromatic ring is 1. The van der Waals surface area contributed by atoms with E-state index < -0.39 is 0 Å². The second kappa shape index (κ2) is 4.06.